The summed E-state index contributed by atoms with van der Waals surface area (Å²) in [4.78, 5) is 21.1. The topological polar surface area (TPSA) is 125 Å². The van der Waals surface area contributed by atoms with E-state index in [1.54, 1.807) is 0 Å². The van der Waals surface area contributed by atoms with E-state index in [0.29, 0.717) is 6.42 Å². The van der Waals surface area contributed by atoms with E-state index in [-0.39, 0.29) is 6.61 Å². The molecule has 2 unspecified atom stereocenters. The van der Waals surface area contributed by atoms with Crippen molar-refractivity contribution in [2.45, 2.75) is 25.8 Å². The van der Waals surface area contributed by atoms with Gasteiger partial charge in [0, 0.05) is 0 Å². The maximum atomic E-state index is 10.9. The smallest absolute Gasteiger partial charge is 0.267 e. The third-order valence-electron chi connectivity index (χ3n) is 1.46. The Balaban J connectivity index is 3.83. The minimum absolute atomic E-state index is 0.0117. The Kier molecular flexibility index (Phi) is 6.71. The van der Waals surface area contributed by atoms with Gasteiger partial charge in [-0.1, -0.05) is 13.3 Å². The lowest BCUT2D eigenvalue weighted by atomic mass is 10.3. The minimum atomic E-state index is -4.44. The molecule has 2 N–H and O–H groups in total. The van der Waals surface area contributed by atoms with Crippen LogP contribution in [0.25, 0.3) is 0 Å². The molecular weight excluding hydrogens is 225 g/mol. The second-order valence-corrected chi connectivity index (χ2v) is 4.27. The molecule has 90 valence electrons. The van der Waals surface area contributed by atoms with Crippen molar-refractivity contribution in [3.8, 4) is 0 Å². The molecule has 0 aliphatic carbocycles. The Morgan fingerprint density at radius 3 is 2.60 bits per heavy atom. The monoisotopic (exact) mass is 239 g/mol. The first kappa shape index (κ1) is 14.5. The summed E-state index contributed by atoms with van der Waals surface area (Å²) in [6.45, 7) is 1.19. The fourth-order valence-electron chi connectivity index (χ4n) is 0.598. The van der Waals surface area contributed by atoms with Gasteiger partial charge in [-0.3, -0.25) is 4.57 Å². The van der Waals surface area contributed by atoms with E-state index in [1.165, 1.54) is 0 Å². The van der Waals surface area contributed by atoms with Gasteiger partial charge in [0.15, 0.2) is 0 Å². The van der Waals surface area contributed by atoms with Gasteiger partial charge in [-0.15, -0.1) is 0 Å². The zero-order chi connectivity index (χ0) is 11.9. The number of phosphoric ester groups is 1. The van der Waals surface area contributed by atoms with Crippen LogP contribution in [0.4, 0.5) is 0 Å². The van der Waals surface area contributed by atoms with E-state index in [9.17, 15) is 19.4 Å². The van der Waals surface area contributed by atoms with Gasteiger partial charge in [0.25, 0.3) is 7.82 Å². The summed E-state index contributed by atoms with van der Waals surface area (Å²) in [5.41, 5.74) is 4.98. The largest absolute Gasteiger partial charge is 0.756 e. The quantitative estimate of drug-likeness (QED) is 0.398. The number of carbonyl (C=O) groups excluding carboxylic acids is 1. The van der Waals surface area contributed by atoms with Crippen LogP contribution in [0.3, 0.4) is 0 Å². The molecular formula is C7H14NO6P-2. The maximum Gasteiger partial charge on any atom is 0.267 e. The fraction of sp³-hybridized carbons (Fsp3) is 0.857. The summed E-state index contributed by atoms with van der Waals surface area (Å²) in [7, 11) is -4.44. The molecule has 0 heterocycles. The first-order chi connectivity index (χ1) is 6.89. The Labute approximate surface area is 87.8 Å². The van der Waals surface area contributed by atoms with Crippen LogP contribution in [0.5, 0.6) is 0 Å². The molecule has 0 fully saturated rings. The molecule has 0 aliphatic heterocycles. The molecule has 0 bridgehead atoms. The number of unbranched alkanes of at least 4 members (excludes halogenated alkanes) is 1. The van der Waals surface area contributed by atoms with Crippen molar-refractivity contribution < 1.29 is 28.4 Å². The minimum Gasteiger partial charge on any atom is -0.756 e. The highest BCUT2D eigenvalue weighted by Gasteiger charge is 2.12. The van der Waals surface area contributed by atoms with Gasteiger partial charge < -0.3 is 29.6 Å². The second-order valence-electron chi connectivity index (χ2n) is 2.86. The lowest BCUT2D eigenvalue weighted by Crippen LogP contribution is -2.44. The molecule has 0 spiro atoms. The first-order valence-electron chi connectivity index (χ1n) is 4.45. The van der Waals surface area contributed by atoms with Crippen LogP contribution in [0.1, 0.15) is 19.8 Å². The van der Waals surface area contributed by atoms with Crippen LogP contribution >= 0.6 is 7.82 Å². The zero-order valence-electron chi connectivity index (χ0n) is 8.38. The van der Waals surface area contributed by atoms with Crippen molar-refractivity contribution in [1.29, 1.82) is 0 Å². The van der Waals surface area contributed by atoms with Gasteiger partial charge in [0.05, 0.1) is 25.2 Å². The van der Waals surface area contributed by atoms with Gasteiger partial charge in [-0.2, -0.15) is 0 Å². The molecule has 0 aromatic heterocycles. The normalized spacial score (nSPS) is 17.0. The van der Waals surface area contributed by atoms with Crippen molar-refractivity contribution in [2.24, 2.45) is 5.73 Å². The van der Waals surface area contributed by atoms with E-state index in [0.717, 1.165) is 6.42 Å². The number of carboxylic acid groups (broad SMARTS) is 1. The number of carbonyl (C=O) groups is 1. The summed E-state index contributed by atoms with van der Waals surface area (Å²) < 4.78 is 19.6. The number of rotatable bonds is 8. The highest BCUT2D eigenvalue weighted by atomic mass is 31.2. The van der Waals surface area contributed by atoms with Crippen LogP contribution < -0.4 is 15.7 Å². The number of nitrogens with two attached hydrogens (primary N) is 1. The highest BCUT2D eigenvalue weighted by molar-refractivity contribution is 7.45. The van der Waals surface area contributed by atoms with Crippen LogP contribution in [0, 0.1) is 0 Å². The van der Waals surface area contributed by atoms with E-state index in [2.05, 4.69) is 9.05 Å². The molecule has 0 amide bonds. The highest BCUT2D eigenvalue weighted by Crippen LogP contribution is 2.38. The van der Waals surface area contributed by atoms with E-state index in [4.69, 9.17) is 5.73 Å². The Morgan fingerprint density at radius 1 is 1.53 bits per heavy atom. The maximum absolute atomic E-state index is 10.9. The number of hydrogen-bond acceptors (Lipinski definition) is 7. The standard InChI is InChI=1S/C7H16NO6P/c1-2-3-4-13-15(11,12)14-5-6(8)7(9)10/h6H,2-5,8H2,1H3,(H,9,10)(H,11,12)/p-2. The molecule has 0 aromatic carbocycles. The molecule has 15 heavy (non-hydrogen) atoms. The van der Waals surface area contributed by atoms with Crippen LogP contribution in [0.15, 0.2) is 0 Å². The van der Waals surface area contributed by atoms with Gasteiger partial charge in [-0.25, -0.2) is 0 Å². The summed E-state index contributed by atoms with van der Waals surface area (Å²) in [6.07, 6.45) is 1.35. The first-order valence-corrected chi connectivity index (χ1v) is 5.91. The number of carboxylic acids is 1. The fourth-order valence-corrected chi connectivity index (χ4v) is 1.37. The van der Waals surface area contributed by atoms with Crippen LogP contribution in [0.2, 0.25) is 0 Å². The van der Waals surface area contributed by atoms with Gasteiger partial charge in [0.2, 0.25) is 0 Å². The SMILES string of the molecule is CCCCOP(=O)([O-])OCC(N)C(=O)[O-]. The molecule has 8 heteroatoms. The van der Waals surface area contributed by atoms with Gasteiger partial charge in [-0.05, 0) is 6.42 Å². The Hall–Kier alpha value is -0.460. The number of aliphatic carboxylic acids is 1. The van der Waals surface area contributed by atoms with Gasteiger partial charge in [0.1, 0.15) is 0 Å². The predicted octanol–water partition coefficient (Wildman–Crippen LogP) is -1.63. The molecule has 0 rings (SSSR count). The lowest BCUT2D eigenvalue weighted by molar-refractivity contribution is -0.308. The Morgan fingerprint density at radius 2 is 2.13 bits per heavy atom. The number of phosphoric acid groups is 1. The second kappa shape index (κ2) is 6.92. The van der Waals surface area contributed by atoms with Crippen molar-refractivity contribution >= 4 is 13.8 Å². The van der Waals surface area contributed by atoms with E-state index < -0.39 is 26.4 Å². The average Bonchev–Trinajstić information content (AvgIpc) is 2.14. The van der Waals surface area contributed by atoms with Crippen LogP contribution in [-0.2, 0) is 18.4 Å². The summed E-state index contributed by atoms with van der Waals surface area (Å²) in [5.74, 6) is -1.58. The summed E-state index contributed by atoms with van der Waals surface area (Å²) in [5, 5.41) is 10.1. The molecule has 0 aromatic rings. The van der Waals surface area contributed by atoms with Crippen LogP contribution in [-0.4, -0.2) is 25.2 Å². The third-order valence-corrected chi connectivity index (χ3v) is 2.43. The summed E-state index contributed by atoms with van der Waals surface area (Å²) in [6, 6.07) is -1.48. The van der Waals surface area contributed by atoms with Crippen molar-refractivity contribution in [1.82, 2.24) is 0 Å². The van der Waals surface area contributed by atoms with Crippen molar-refractivity contribution in [3.05, 3.63) is 0 Å². The molecule has 7 nitrogen and oxygen atoms in total. The Bertz CT molecular complexity index is 246. The zero-order valence-corrected chi connectivity index (χ0v) is 9.27. The molecule has 0 radical (unpaired) electrons. The molecule has 0 aliphatic rings. The van der Waals surface area contributed by atoms with E-state index in [1.807, 2.05) is 6.92 Å². The lowest BCUT2D eigenvalue weighted by Gasteiger charge is -2.24. The van der Waals surface area contributed by atoms with Gasteiger partial charge >= 0.3 is 0 Å². The molecule has 0 saturated carbocycles. The molecule has 0 saturated heterocycles. The third kappa shape index (κ3) is 7.47. The van der Waals surface area contributed by atoms with Crippen molar-refractivity contribution in [3.63, 3.8) is 0 Å². The average molecular weight is 239 g/mol. The number of hydrogen-bond donors (Lipinski definition) is 1. The van der Waals surface area contributed by atoms with E-state index >= 15 is 0 Å². The molecule has 2 atom stereocenters. The van der Waals surface area contributed by atoms with Crippen molar-refractivity contribution in [2.75, 3.05) is 13.2 Å². The summed E-state index contributed by atoms with van der Waals surface area (Å²) >= 11 is 0. The predicted molar refractivity (Wildman–Crippen MR) is 47.4 cm³/mol.